The van der Waals surface area contributed by atoms with Crippen LogP contribution in [-0.2, 0) is 0 Å². The molecule has 0 aliphatic rings. The molecule has 5 N–H and O–H groups in total. The lowest BCUT2D eigenvalue weighted by Crippen LogP contribution is -2.23. The summed E-state index contributed by atoms with van der Waals surface area (Å²) in [7, 11) is 0. The zero-order chi connectivity index (χ0) is 10.7. The Morgan fingerprint density at radius 3 is 2.64 bits per heavy atom. The number of aromatic nitrogens is 1. The molecule has 0 aliphatic heterocycles. The summed E-state index contributed by atoms with van der Waals surface area (Å²) in [4.78, 5) is 3.80. The summed E-state index contributed by atoms with van der Waals surface area (Å²) in [5, 5.41) is 27.4. The van der Waals surface area contributed by atoms with E-state index in [0.29, 0.717) is 11.4 Å². The van der Waals surface area contributed by atoms with Gasteiger partial charge in [0.05, 0.1) is 6.61 Å². The summed E-state index contributed by atoms with van der Waals surface area (Å²) in [6, 6.07) is 1.60. The van der Waals surface area contributed by atoms with Crippen molar-refractivity contribution in [3.05, 3.63) is 23.4 Å². The number of aliphatic hydroxyl groups excluding tert-OH is 3. The van der Waals surface area contributed by atoms with E-state index in [1.54, 1.807) is 13.0 Å². The van der Waals surface area contributed by atoms with Crippen molar-refractivity contribution in [3.8, 4) is 0 Å². The number of rotatable bonds is 3. The minimum atomic E-state index is -1.20. The van der Waals surface area contributed by atoms with Gasteiger partial charge in [-0.15, -0.1) is 0 Å². The molecule has 0 radical (unpaired) electrons. The summed E-state index contributed by atoms with van der Waals surface area (Å²) in [6.45, 7) is 1.26. The molecule has 14 heavy (non-hydrogen) atoms. The van der Waals surface area contributed by atoms with Crippen LogP contribution in [0.25, 0.3) is 0 Å². The molecule has 0 saturated carbocycles. The molecular formula is C9H14N2O3. The predicted molar refractivity (Wildman–Crippen MR) is 51.4 cm³/mol. The minimum Gasteiger partial charge on any atom is -0.394 e. The van der Waals surface area contributed by atoms with E-state index in [1.165, 1.54) is 6.20 Å². The van der Waals surface area contributed by atoms with Crippen LogP contribution in [0.4, 0.5) is 5.82 Å². The van der Waals surface area contributed by atoms with Crippen molar-refractivity contribution in [1.29, 1.82) is 0 Å². The standard InChI is InChI=1S/C9H14N2O3/c1-5-2-8(10)11-3-6(5)9(14)7(13)4-12/h2-3,7,9,12-14H,4H2,1H3,(H2,10,11). The van der Waals surface area contributed by atoms with Crippen LogP contribution in [0.3, 0.4) is 0 Å². The highest BCUT2D eigenvalue weighted by Gasteiger charge is 2.19. The Hall–Kier alpha value is -1.17. The number of nitrogens with zero attached hydrogens (tertiary/aromatic N) is 1. The Bertz CT molecular complexity index is 317. The summed E-state index contributed by atoms with van der Waals surface area (Å²) in [6.07, 6.45) is -0.930. The molecule has 1 aromatic heterocycles. The quantitative estimate of drug-likeness (QED) is 0.517. The van der Waals surface area contributed by atoms with Gasteiger partial charge >= 0.3 is 0 Å². The van der Waals surface area contributed by atoms with Crippen LogP contribution in [0.1, 0.15) is 17.2 Å². The highest BCUT2D eigenvalue weighted by atomic mass is 16.4. The SMILES string of the molecule is Cc1cc(N)ncc1C(O)C(O)CO. The number of nitrogens with two attached hydrogens (primary N) is 1. The smallest absolute Gasteiger partial charge is 0.123 e. The highest BCUT2D eigenvalue weighted by Crippen LogP contribution is 2.20. The number of aliphatic hydroxyl groups is 3. The molecule has 0 saturated heterocycles. The molecule has 2 atom stereocenters. The van der Waals surface area contributed by atoms with E-state index < -0.39 is 18.8 Å². The Morgan fingerprint density at radius 2 is 2.14 bits per heavy atom. The fourth-order valence-electron chi connectivity index (χ4n) is 1.21. The zero-order valence-corrected chi connectivity index (χ0v) is 7.88. The van der Waals surface area contributed by atoms with E-state index in [0.717, 1.165) is 5.56 Å². The van der Waals surface area contributed by atoms with Gasteiger partial charge in [0, 0.05) is 11.8 Å². The highest BCUT2D eigenvalue weighted by molar-refractivity contribution is 5.37. The number of anilines is 1. The van der Waals surface area contributed by atoms with Crippen LogP contribution in [0.2, 0.25) is 0 Å². The molecule has 2 unspecified atom stereocenters. The third-order valence-electron chi connectivity index (χ3n) is 2.04. The van der Waals surface area contributed by atoms with Crippen LogP contribution < -0.4 is 5.73 Å². The molecule has 0 aromatic carbocycles. The van der Waals surface area contributed by atoms with Crippen molar-refractivity contribution >= 4 is 5.82 Å². The number of hydrogen-bond donors (Lipinski definition) is 4. The van der Waals surface area contributed by atoms with E-state index in [9.17, 15) is 10.2 Å². The van der Waals surface area contributed by atoms with Gasteiger partial charge in [-0.3, -0.25) is 0 Å². The van der Waals surface area contributed by atoms with Gasteiger partial charge < -0.3 is 21.1 Å². The molecule has 1 aromatic rings. The third-order valence-corrected chi connectivity index (χ3v) is 2.04. The summed E-state index contributed by atoms with van der Waals surface area (Å²) in [5.41, 5.74) is 6.64. The zero-order valence-electron chi connectivity index (χ0n) is 7.88. The first-order valence-electron chi connectivity index (χ1n) is 4.25. The molecule has 0 aliphatic carbocycles. The second-order valence-corrected chi connectivity index (χ2v) is 3.16. The minimum absolute atomic E-state index is 0.358. The number of aryl methyl sites for hydroxylation is 1. The molecule has 1 rings (SSSR count). The van der Waals surface area contributed by atoms with Gasteiger partial charge in [0.15, 0.2) is 0 Å². The monoisotopic (exact) mass is 198 g/mol. The summed E-state index contributed by atoms with van der Waals surface area (Å²) in [5.74, 6) is 0.358. The van der Waals surface area contributed by atoms with Gasteiger partial charge in [-0.1, -0.05) is 0 Å². The van der Waals surface area contributed by atoms with E-state index in [2.05, 4.69) is 4.98 Å². The van der Waals surface area contributed by atoms with E-state index in [4.69, 9.17) is 10.8 Å². The van der Waals surface area contributed by atoms with Crippen LogP contribution in [-0.4, -0.2) is 33.0 Å². The average Bonchev–Trinajstić information content (AvgIpc) is 2.15. The Morgan fingerprint density at radius 1 is 1.50 bits per heavy atom. The largest absolute Gasteiger partial charge is 0.394 e. The third kappa shape index (κ3) is 2.20. The van der Waals surface area contributed by atoms with Crippen molar-refractivity contribution in [2.24, 2.45) is 0 Å². The van der Waals surface area contributed by atoms with Crippen molar-refractivity contribution in [2.75, 3.05) is 12.3 Å². The maximum Gasteiger partial charge on any atom is 0.123 e. The summed E-state index contributed by atoms with van der Waals surface area (Å²) < 4.78 is 0. The fraction of sp³-hybridized carbons (Fsp3) is 0.444. The maximum absolute atomic E-state index is 9.57. The van der Waals surface area contributed by atoms with Crippen molar-refractivity contribution in [2.45, 2.75) is 19.1 Å². The summed E-state index contributed by atoms with van der Waals surface area (Å²) >= 11 is 0. The number of nitrogen functional groups attached to an aromatic ring is 1. The second kappa shape index (κ2) is 4.36. The van der Waals surface area contributed by atoms with Crippen LogP contribution >= 0.6 is 0 Å². The van der Waals surface area contributed by atoms with Crippen LogP contribution in [0.5, 0.6) is 0 Å². The number of hydrogen-bond acceptors (Lipinski definition) is 5. The molecule has 1 heterocycles. The van der Waals surface area contributed by atoms with E-state index >= 15 is 0 Å². The normalized spacial score (nSPS) is 15.1. The van der Waals surface area contributed by atoms with Crippen molar-refractivity contribution in [3.63, 3.8) is 0 Å². The van der Waals surface area contributed by atoms with Crippen LogP contribution in [0.15, 0.2) is 12.3 Å². The molecule has 0 fully saturated rings. The van der Waals surface area contributed by atoms with E-state index in [-0.39, 0.29) is 0 Å². The molecular weight excluding hydrogens is 184 g/mol. The fourth-order valence-corrected chi connectivity index (χ4v) is 1.21. The molecule has 0 spiro atoms. The lowest BCUT2D eigenvalue weighted by Gasteiger charge is -2.17. The number of pyridine rings is 1. The first-order valence-corrected chi connectivity index (χ1v) is 4.25. The Balaban J connectivity index is 2.95. The topological polar surface area (TPSA) is 99.6 Å². The van der Waals surface area contributed by atoms with Crippen molar-refractivity contribution < 1.29 is 15.3 Å². The lowest BCUT2D eigenvalue weighted by atomic mass is 10.0. The first-order chi connectivity index (χ1) is 6.56. The van der Waals surface area contributed by atoms with Gasteiger partial charge in [0.2, 0.25) is 0 Å². The van der Waals surface area contributed by atoms with Gasteiger partial charge in [-0.25, -0.2) is 4.98 Å². The Labute approximate surface area is 81.8 Å². The van der Waals surface area contributed by atoms with Gasteiger partial charge in [-0.05, 0) is 18.6 Å². The molecule has 5 heteroatoms. The average molecular weight is 198 g/mol. The molecule has 0 bridgehead atoms. The van der Waals surface area contributed by atoms with Crippen LogP contribution in [0, 0.1) is 6.92 Å². The lowest BCUT2D eigenvalue weighted by molar-refractivity contribution is -0.0156. The van der Waals surface area contributed by atoms with Gasteiger partial charge in [0.1, 0.15) is 18.0 Å². The second-order valence-electron chi connectivity index (χ2n) is 3.16. The first kappa shape index (κ1) is 10.9. The van der Waals surface area contributed by atoms with Gasteiger partial charge in [-0.2, -0.15) is 0 Å². The molecule has 0 amide bonds. The van der Waals surface area contributed by atoms with Crippen molar-refractivity contribution in [1.82, 2.24) is 4.98 Å². The van der Waals surface area contributed by atoms with Gasteiger partial charge in [0.25, 0.3) is 0 Å². The predicted octanol–water partition coefficient (Wildman–Crippen LogP) is -0.641. The Kier molecular flexibility index (Phi) is 3.40. The van der Waals surface area contributed by atoms with E-state index in [1.807, 2.05) is 0 Å². The maximum atomic E-state index is 9.57. The molecule has 78 valence electrons. The molecule has 5 nitrogen and oxygen atoms in total.